The van der Waals surface area contributed by atoms with Crippen molar-refractivity contribution in [1.29, 1.82) is 0 Å². The number of hydrogen-bond donors (Lipinski definition) is 1. The fraction of sp³-hybridized carbons (Fsp3) is 1.00. The minimum atomic E-state index is 0.372. The molecule has 1 fully saturated rings. The SMILES string of the molecule is CCCOC1CCCN(CC(C)(CC)CNC(C)C)C1. The van der Waals surface area contributed by atoms with Crippen LogP contribution in [0.5, 0.6) is 0 Å². The number of nitrogens with zero attached hydrogens (tertiary/aromatic N) is 1. The maximum Gasteiger partial charge on any atom is 0.0702 e. The van der Waals surface area contributed by atoms with Gasteiger partial charge in [0, 0.05) is 32.3 Å². The predicted molar refractivity (Wildman–Crippen MR) is 87.2 cm³/mol. The maximum atomic E-state index is 5.95. The van der Waals surface area contributed by atoms with Gasteiger partial charge in [0.1, 0.15) is 0 Å². The van der Waals surface area contributed by atoms with E-state index in [0.29, 0.717) is 17.6 Å². The van der Waals surface area contributed by atoms with Crippen LogP contribution in [0.1, 0.15) is 60.3 Å². The first kappa shape index (κ1) is 17.9. The molecular weight excluding hydrogens is 248 g/mol. The molecule has 120 valence electrons. The maximum absolute atomic E-state index is 5.95. The molecule has 2 atom stereocenters. The number of hydrogen-bond acceptors (Lipinski definition) is 3. The van der Waals surface area contributed by atoms with Crippen molar-refractivity contribution in [3.05, 3.63) is 0 Å². The van der Waals surface area contributed by atoms with E-state index in [0.717, 1.165) is 26.1 Å². The Hall–Kier alpha value is -0.120. The highest BCUT2D eigenvalue weighted by atomic mass is 16.5. The van der Waals surface area contributed by atoms with Crippen LogP contribution < -0.4 is 5.32 Å². The van der Waals surface area contributed by atoms with Gasteiger partial charge in [0.15, 0.2) is 0 Å². The van der Waals surface area contributed by atoms with Gasteiger partial charge in [0.2, 0.25) is 0 Å². The molecule has 0 saturated carbocycles. The van der Waals surface area contributed by atoms with Crippen LogP contribution in [-0.4, -0.2) is 49.8 Å². The van der Waals surface area contributed by atoms with Crippen molar-refractivity contribution in [3.8, 4) is 0 Å². The van der Waals surface area contributed by atoms with Gasteiger partial charge in [0.25, 0.3) is 0 Å². The Morgan fingerprint density at radius 2 is 2.10 bits per heavy atom. The monoisotopic (exact) mass is 284 g/mol. The van der Waals surface area contributed by atoms with E-state index in [9.17, 15) is 0 Å². The summed E-state index contributed by atoms with van der Waals surface area (Å²) in [6.45, 7) is 17.0. The van der Waals surface area contributed by atoms with Crippen molar-refractivity contribution in [1.82, 2.24) is 10.2 Å². The number of ether oxygens (including phenoxy) is 1. The third-order valence-corrected chi connectivity index (χ3v) is 4.42. The lowest BCUT2D eigenvalue weighted by Crippen LogP contribution is -2.48. The summed E-state index contributed by atoms with van der Waals surface area (Å²) in [6.07, 6.45) is 5.34. The molecular formula is C17H36N2O. The summed E-state index contributed by atoms with van der Waals surface area (Å²) >= 11 is 0. The Balaban J connectivity index is 2.43. The van der Waals surface area contributed by atoms with Gasteiger partial charge in [-0.25, -0.2) is 0 Å². The largest absolute Gasteiger partial charge is 0.377 e. The molecule has 0 bridgehead atoms. The van der Waals surface area contributed by atoms with Crippen molar-refractivity contribution in [3.63, 3.8) is 0 Å². The minimum Gasteiger partial charge on any atom is -0.377 e. The summed E-state index contributed by atoms with van der Waals surface area (Å²) in [6, 6.07) is 0.572. The van der Waals surface area contributed by atoms with Gasteiger partial charge < -0.3 is 15.0 Å². The van der Waals surface area contributed by atoms with Gasteiger partial charge in [-0.3, -0.25) is 0 Å². The Kier molecular flexibility index (Phi) is 8.08. The summed E-state index contributed by atoms with van der Waals surface area (Å²) < 4.78 is 5.95. The molecule has 20 heavy (non-hydrogen) atoms. The second-order valence-corrected chi connectivity index (χ2v) is 7.07. The van der Waals surface area contributed by atoms with E-state index in [2.05, 4.69) is 44.8 Å². The van der Waals surface area contributed by atoms with E-state index in [1.54, 1.807) is 0 Å². The van der Waals surface area contributed by atoms with Crippen molar-refractivity contribution < 1.29 is 4.74 Å². The van der Waals surface area contributed by atoms with Crippen molar-refractivity contribution in [2.24, 2.45) is 5.41 Å². The molecule has 1 heterocycles. The van der Waals surface area contributed by atoms with Gasteiger partial charge in [-0.15, -0.1) is 0 Å². The third kappa shape index (κ3) is 6.55. The third-order valence-electron chi connectivity index (χ3n) is 4.42. The van der Waals surface area contributed by atoms with E-state index in [1.807, 2.05) is 0 Å². The van der Waals surface area contributed by atoms with E-state index < -0.39 is 0 Å². The second kappa shape index (κ2) is 9.01. The van der Waals surface area contributed by atoms with Gasteiger partial charge >= 0.3 is 0 Å². The van der Waals surface area contributed by atoms with Crippen molar-refractivity contribution in [2.45, 2.75) is 72.4 Å². The van der Waals surface area contributed by atoms with Crippen LogP contribution in [0.25, 0.3) is 0 Å². The van der Waals surface area contributed by atoms with Gasteiger partial charge in [-0.05, 0) is 37.6 Å². The summed E-state index contributed by atoms with van der Waals surface area (Å²) in [7, 11) is 0. The lowest BCUT2D eigenvalue weighted by molar-refractivity contribution is -0.0108. The molecule has 0 aromatic heterocycles. The van der Waals surface area contributed by atoms with Gasteiger partial charge in [-0.1, -0.05) is 34.6 Å². The molecule has 0 radical (unpaired) electrons. The lowest BCUT2D eigenvalue weighted by Gasteiger charge is -2.39. The van der Waals surface area contributed by atoms with E-state index in [4.69, 9.17) is 4.74 Å². The van der Waals surface area contributed by atoms with Crippen molar-refractivity contribution in [2.75, 3.05) is 32.8 Å². The van der Waals surface area contributed by atoms with E-state index >= 15 is 0 Å². The molecule has 0 spiro atoms. The highest BCUT2D eigenvalue weighted by molar-refractivity contribution is 4.83. The molecule has 3 nitrogen and oxygen atoms in total. The van der Waals surface area contributed by atoms with Crippen LogP contribution in [0.3, 0.4) is 0 Å². The second-order valence-electron chi connectivity index (χ2n) is 7.07. The summed E-state index contributed by atoms with van der Waals surface area (Å²) in [4.78, 5) is 2.62. The van der Waals surface area contributed by atoms with Crippen molar-refractivity contribution >= 4 is 0 Å². The Labute approximate surface area is 126 Å². The Bertz CT molecular complexity index is 257. The van der Waals surface area contributed by atoms with Crippen LogP contribution in [0, 0.1) is 5.41 Å². The number of piperidine rings is 1. The van der Waals surface area contributed by atoms with Crippen LogP contribution >= 0.6 is 0 Å². The molecule has 0 amide bonds. The van der Waals surface area contributed by atoms with E-state index in [1.165, 1.54) is 32.4 Å². The molecule has 0 aliphatic carbocycles. The Morgan fingerprint density at radius 3 is 2.70 bits per heavy atom. The highest BCUT2D eigenvalue weighted by Crippen LogP contribution is 2.24. The van der Waals surface area contributed by atoms with Crippen LogP contribution in [0.15, 0.2) is 0 Å². The molecule has 1 saturated heterocycles. The first-order valence-electron chi connectivity index (χ1n) is 8.56. The first-order chi connectivity index (χ1) is 9.49. The smallest absolute Gasteiger partial charge is 0.0702 e. The molecule has 1 rings (SSSR count). The molecule has 1 aliphatic heterocycles. The zero-order valence-electron chi connectivity index (χ0n) is 14.4. The van der Waals surface area contributed by atoms with Crippen LogP contribution in [0.2, 0.25) is 0 Å². The topological polar surface area (TPSA) is 24.5 Å². The highest BCUT2D eigenvalue weighted by Gasteiger charge is 2.28. The average Bonchev–Trinajstić information content (AvgIpc) is 2.43. The normalized spacial score (nSPS) is 24.0. The zero-order chi connectivity index (χ0) is 15.0. The Morgan fingerprint density at radius 1 is 1.35 bits per heavy atom. The zero-order valence-corrected chi connectivity index (χ0v) is 14.4. The summed E-state index contributed by atoms with van der Waals surface area (Å²) in [5, 5.41) is 3.61. The lowest BCUT2D eigenvalue weighted by atomic mass is 9.86. The van der Waals surface area contributed by atoms with Gasteiger partial charge in [0.05, 0.1) is 6.10 Å². The quantitative estimate of drug-likeness (QED) is 0.703. The standard InChI is InChI=1S/C17H36N2O/c1-6-11-20-16-9-8-10-19(12-16)14-17(5,7-2)13-18-15(3)4/h15-16,18H,6-14H2,1-5H3. The molecule has 3 heteroatoms. The number of rotatable bonds is 9. The fourth-order valence-electron chi connectivity index (χ4n) is 2.86. The summed E-state index contributed by atoms with van der Waals surface area (Å²) in [5.74, 6) is 0. The number of likely N-dealkylation sites (tertiary alicyclic amines) is 1. The van der Waals surface area contributed by atoms with Crippen LogP contribution in [-0.2, 0) is 4.74 Å². The predicted octanol–water partition coefficient (Wildman–Crippen LogP) is 3.29. The summed E-state index contributed by atoms with van der Waals surface area (Å²) in [5.41, 5.74) is 0.372. The molecule has 0 aromatic rings. The molecule has 1 aliphatic rings. The van der Waals surface area contributed by atoms with E-state index in [-0.39, 0.29) is 0 Å². The molecule has 0 aromatic carbocycles. The van der Waals surface area contributed by atoms with Gasteiger partial charge in [-0.2, -0.15) is 0 Å². The first-order valence-corrected chi connectivity index (χ1v) is 8.56. The molecule has 1 N–H and O–H groups in total. The molecule has 2 unspecified atom stereocenters. The number of nitrogens with one attached hydrogen (secondary N) is 1. The fourth-order valence-corrected chi connectivity index (χ4v) is 2.86. The minimum absolute atomic E-state index is 0.372. The van der Waals surface area contributed by atoms with Crippen LogP contribution in [0.4, 0.5) is 0 Å². The average molecular weight is 284 g/mol.